The molecule has 0 aliphatic heterocycles. The summed E-state index contributed by atoms with van der Waals surface area (Å²) >= 11 is 0. The monoisotopic (exact) mass is 505 g/mol. The number of hydrogen-bond acceptors (Lipinski definition) is 7. The third-order valence-electron chi connectivity index (χ3n) is 6.00. The number of rotatable bonds is 8. The molecule has 9 heteroatoms. The molecule has 0 aliphatic rings. The van der Waals surface area contributed by atoms with Gasteiger partial charge in [-0.05, 0) is 67.7 Å². The molecule has 3 aromatic carbocycles. The zero-order valence-corrected chi connectivity index (χ0v) is 21.1. The van der Waals surface area contributed by atoms with Gasteiger partial charge in [0.05, 0.1) is 11.1 Å². The number of amides is 1. The minimum atomic E-state index is -0.111. The van der Waals surface area contributed by atoms with Crippen LogP contribution in [-0.2, 0) is 4.79 Å². The van der Waals surface area contributed by atoms with Crippen molar-refractivity contribution < 1.29 is 9.53 Å². The number of hydrogen-bond donors (Lipinski definition) is 2. The van der Waals surface area contributed by atoms with Crippen molar-refractivity contribution in [3.63, 3.8) is 0 Å². The lowest BCUT2D eigenvalue weighted by Gasteiger charge is -2.15. The molecule has 0 saturated carbocycles. The van der Waals surface area contributed by atoms with E-state index in [0.717, 1.165) is 22.7 Å². The largest absolute Gasteiger partial charge is 0.457 e. The van der Waals surface area contributed by atoms with E-state index in [-0.39, 0.29) is 5.91 Å². The zero-order chi connectivity index (χ0) is 26.5. The Bertz CT molecular complexity index is 1580. The van der Waals surface area contributed by atoms with E-state index >= 15 is 0 Å². The van der Waals surface area contributed by atoms with Crippen molar-refractivity contribution in [3.05, 3.63) is 97.3 Å². The van der Waals surface area contributed by atoms with Gasteiger partial charge in [-0.2, -0.15) is 5.10 Å². The van der Waals surface area contributed by atoms with Gasteiger partial charge in [0.2, 0.25) is 5.91 Å². The minimum absolute atomic E-state index is 0.111. The fourth-order valence-electron chi connectivity index (χ4n) is 4.00. The minimum Gasteiger partial charge on any atom is -0.457 e. The first-order valence-electron chi connectivity index (χ1n) is 12.1. The van der Waals surface area contributed by atoms with Gasteiger partial charge in [0.25, 0.3) is 0 Å². The summed E-state index contributed by atoms with van der Waals surface area (Å²) in [5.41, 5.74) is 9.92. The van der Waals surface area contributed by atoms with E-state index in [1.54, 1.807) is 28.8 Å². The van der Waals surface area contributed by atoms with E-state index < -0.39 is 0 Å². The van der Waals surface area contributed by atoms with Crippen LogP contribution in [0.3, 0.4) is 0 Å². The molecule has 190 valence electrons. The maximum Gasteiger partial charge on any atom is 0.250 e. The highest BCUT2D eigenvalue weighted by atomic mass is 16.5. The highest BCUT2D eigenvalue weighted by Crippen LogP contribution is 2.33. The first kappa shape index (κ1) is 24.7. The highest BCUT2D eigenvalue weighted by Gasteiger charge is 2.18. The first-order chi connectivity index (χ1) is 18.5. The van der Waals surface area contributed by atoms with Crippen LogP contribution in [0.2, 0.25) is 0 Å². The van der Waals surface area contributed by atoms with E-state index in [1.807, 2.05) is 85.9 Å². The fraction of sp³-hybridized carbons (Fsp3) is 0.103. The normalized spacial score (nSPS) is 11.2. The van der Waals surface area contributed by atoms with Gasteiger partial charge in [0.15, 0.2) is 5.65 Å². The molecule has 0 saturated heterocycles. The Morgan fingerprint density at radius 3 is 2.42 bits per heavy atom. The Balaban J connectivity index is 1.46. The lowest BCUT2D eigenvalue weighted by atomic mass is 10.1. The van der Waals surface area contributed by atoms with E-state index in [4.69, 9.17) is 15.6 Å². The van der Waals surface area contributed by atoms with E-state index in [1.165, 1.54) is 6.33 Å². The molecular weight excluding hydrogens is 478 g/mol. The number of likely N-dealkylation sites (N-methyl/N-ethyl adjacent to an activating group) is 2. The molecule has 1 amide bonds. The first-order valence-corrected chi connectivity index (χ1v) is 12.1. The van der Waals surface area contributed by atoms with Crippen LogP contribution >= 0.6 is 0 Å². The Labute approximate surface area is 220 Å². The zero-order valence-electron chi connectivity index (χ0n) is 21.1. The van der Waals surface area contributed by atoms with Crippen molar-refractivity contribution in [1.29, 1.82) is 0 Å². The second-order valence-corrected chi connectivity index (χ2v) is 8.53. The average molecular weight is 506 g/mol. The molecule has 5 aromatic rings. The van der Waals surface area contributed by atoms with Gasteiger partial charge in [-0.1, -0.05) is 24.3 Å². The average Bonchev–Trinajstić information content (AvgIpc) is 3.35. The van der Waals surface area contributed by atoms with Gasteiger partial charge < -0.3 is 20.7 Å². The molecule has 0 unspecified atom stereocenters. The van der Waals surface area contributed by atoms with Crippen molar-refractivity contribution in [1.82, 2.24) is 25.1 Å². The molecule has 0 spiro atoms. The number of nitrogens with two attached hydrogens (primary N) is 1. The molecule has 3 N–H and O–H groups in total. The summed E-state index contributed by atoms with van der Waals surface area (Å²) in [5, 5.41) is 8.50. The molecular formula is C29H27N7O2. The number of ether oxygens (including phenoxy) is 1. The quantitative estimate of drug-likeness (QED) is 0.297. The Morgan fingerprint density at radius 1 is 1.00 bits per heavy atom. The fourth-order valence-corrected chi connectivity index (χ4v) is 4.00. The van der Waals surface area contributed by atoms with Crippen molar-refractivity contribution >= 4 is 28.4 Å². The van der Waals surface area contributed by atoms with E-state index in [2.05, 4.69) is 15.3 Å². The summed E-state index contributed by atoms with van der Waals surface area (Å²) in [7, 11) is 3.57. The van der Waals surface area contributed by atoms with Crippen LogP contribution in [0.1, 0.15) is 0 Å². The number of para-hydroxylation sites is 1. The van der Waals surface area contributed by atoms with E-state index in [0.29, 0.717) is 34.8 Å². The lowest BCUT2D eigenvalue weighted by molar-refractivity contribution is -0.113. The Hall–Kier alpha value is -5.02. The predicted octanol–water partition coefficient (Wildman–Crippen LogP) is 4.60. The summed E-state index contributed by atoms with van der Waals surface area (Å²) in [6, 6.07) is 24.8. The predicted molar refractivity (Wildman–Crippen MR) is 150 cm³/mol. The molecule has 0 aliphatic carbocycles. The maximum absolute atomic E-state index is 12.4. The number of fused-ring (bicyclic) bond motifs is 1. The number of anilines is 2. The molecule has 0 fully saturated rings. The molecule has 9 nitrogen and oxygen atoms in total. The smallest absolute Gasteiger partial charge is 0.250 e. The van der Waals surface area contributed by atoms with Crippen LogP contribution in [0, 0.1) is 0 Å². The summed E-state index contributed by atoms with van der Waals surface area (Å²) in [4.78, 5) is 22.7. The van der Waals surface area contributed by atoms with Gasteiger partial charge in [-0.25, -0.2) is 14.6 Å². The number of carbonyl (C=O) groups is 1. The van der Waals surface area contributed by atoms with Gasteiger partial charge in [-0.15, -0.1) is 0 Å². The number of benzene rings is 3. The van der Waals surface area contributed by atoms with Gasteiger partial charge >= 0.3 is 0 Å². The van der Waals surface area contributed by atoms with Crippen LogP contribution < -0.4 is 20.7 Å². The Kier molecular flexibility index (Phi) is 7.10. The molecule has 0 atom stereocenters. The third-order valence-corrected chi connectivity index (χ3v) is 6.00. The number of carbonyl (C=O) groups excluding carboxylic acids is 1. The standard InChI is InChI=1S/C29H27N7O2/c1-31-18-6-9-25(37)35(2)21-12-14-22(15-13-21)36-29-26(28(30)32-19-33-29)27(34-36)20-10-16-24(17-11-20)38-23-7-4-3-5-8-23/h3-17,19,31H,18H2,1-2H3,(H2,30,32,33)/b9-6+. The summed E-state index contributed by atoms with van der Waals surface area (Å²) in [6.07, 6.45) is 4.76. The molecule has 38 heavy (non-hydrogen) atoms. The molecule has 5 rings (SSSR count). The lowest BCUT2D eigenvalue weighted by Crippen LogP contribution is -2.24. The van der Waals surface area contributed by atoms with Crippen LogP contribution in [0.15, 0.2) is 97.3 Å². The molecule has 0 bridgehead atoms. The van der Waals surface area contributed by atoms with E-state index in [9.17, 15) is 4.79 Å². The van der Waals surface area contributed by atoms with Crippen LogP contribution in [0.4, 0.5) is 11.5 Å². The maximum atomic E-state index is 12.4. The van der Waals surface area contributed by atoms with Gasteiger partial charge in [0.1, 0.15) is 29.3 Å². The van der Waals surface area contributed by atoms with Crippen LogP contribution in [-0.4, -0.2) is 46.3 Å². The number of aromatic nitrogens is 4. The Morgan fingerprint density at radius 2 is 1.71 bits per heavy atom. The molecule has 2 aromatic heterocycles. The van der Waals surface area contributed by atoms with Crippen LogP contribution in [0.25, 0.3) is 28.0 Å². The highest BCUT2D eigenvalue weighted by molar-refractivity contribution is 6.01. The molecule has 2 heterocycles. The summed E-state index contributed by atoms with van der Waals surface area (Å²) in [5.74, 6) is 1.71. The summed E-state index contributed by atoms with van der Waals surface area (Å²) in [6.45, 7) is 0.626. The second-order valence-electron chi connectivity index (χ2n) is 8.53. The number of nitrogen functional groups attached to an aromatic ring is 1. The SMILES string of the molecule is CNC/C=C/C(=O)N(C)c1ccc(-n2nc(-c3ccc(Oc4ccccc4)cc3)c3c(N)ncnc32)cc1. The van der Waals surface area contributed by atoms with Gasteiger partial charge in [-0.3, -0.25) is 4.79 Å². The number of nitrogens with zero attached hydrogens (tertiary/aromatic N) is 5. The summed E-state index contributed by atoms with van der Waals surface area (Å²) < 4.78 is 7.65. The van der Waals surface area contributed by atoms with Crippen LogP contribution in [0.5, 0.6) is 11.5 Å². The van der Waals surface area contributed by atoms with Crippen molar-refractivity contribution in [2.75, 3.05) is 31.3 Å². The molecule has 0 radical (unpaired) electrons. The topological polar surface area (TPSA) is 111 Å². The van der Waals surface area contributed by atoms with Crippen molar-refractivity contribution in [2.24, 2.45) is 0 Å². The second kappa shape index (κ2) is 10.9. The number of nitrogens with one attached hydrogen (secondary N) is 1. The van der Waals surface area contributed by atoms with Crippen molar-refractivity contribution in [2.45, 2.75) is 0 Å². The van der Waals surface area contributed by atoms with Crippen molar-refractivity contribution in [3.8, 4) is 28.4 Å². The van der Waals surface area contributed by atoms with Gasteiger partial charge in [0, 0.05) is 30.9 Å². The third kappa shape index (κ3) is 5.09.